The predicted molar refractivity (Wildman–Crippen MR) is 76.7 cm³/mol. The van der Waals surface area contributed by atoms with Gasteiger partial charge in [-0.15, -0.1) is 0 Å². The average Bonchev–Trinajstić information content (AvgIpc) is 2.75. The summed E-state index contributed by atoms with van der Waals surface area (Å²) in [6.07, 6.45) is 0.0867. The maximum absolute atomic E-state index is 12.2. The molecule has 0 spiro atoms. The van der Waals surface area contributed by atoms with Crippen molar-refractivity contribution in [1.29, 1.82) is 0 Å². The van der Waals surface area contributed by atoms with Crippen LogP contribution in [0, 0.1) is 0 Å². The maximum Gasteiger partial charge on any atom is 0.242 e. The van der Waals surface area contributed by atoms with Crippen molar-refractivity contribution in [2.24, 2.45) is 0 Å². The fraction of sp³-hybridized carbons (Fsp3) is 0.417. The van der Waals surface area contributed by atoms with Gasteiger partial charge in [-0.05, 0) is 24.6 Å². The van der Waals surface area contributed by atoms with Crippen LogP contribution in [0.4, 0.5) is 5.69 Å². The van der Waals surface area contributed by atoms with Gasteiger partial charge in [-0.25, -0.2) is 13.1 Å². The summed E-state index contributed by atoms with van der Waals surface area (Å²) in [5, 5.41) is 21.1. The molecule has 0 aromatic heterocycles. The van der Waals surface area contributed by atoms with Gasteiger partial charge in [0, 0.05) is 12.2 Å². The molecule has 4 N–H and O–H groups in total. The zero-order chi connectivity index (χ0) is 15.8. The molecule has 1 heterocycles. The number of amides is 1. The van der Waals surface area contributed by atoms with Crippen molar-refractivity contribution < 1.29 is 23.4 Å². The summed E-state index contributed by atoms with van der Waals surface area (Å²) in [5.41, 5.74) is -0.543. The first-order valence-electron chi connectivity index (χ1n) is 6.10. The van der Waals surface area contributed by atoms with E-state index in [1.165, 1.54) is 19.1 Å². The largest absolute Gasteiger partial charge is 0.393 e. The summed E-state index contributed by atoms with van der Waals surface area (Å²) in [6, 6.07) is 2.70. The first kappa shape index (κ1) is 16.2. The third kappa shape index (κ3) is 3.53. The predicted octanol–water partition coefficient (Wildman–Crippen LogP) is -0.144. The molecule has 1 unspecified atom stereocenters. The lowest BCUT2D eigenvalue weighted by Crippen LogP contribution is -2.43. The van der Waals surface area contributed by atoms with E-state index in [9.17, 15) is 18.3 Å². The van der Waals surface area contributed by atoms with Crippen LogP contribution in [0.3, 0.4) is 0 Å². The molecule has 1 atom stereocenters. The number of halogens is 1. The Hall–Kier alpha value is -1.19. The Morgan fingerprint density at radius 3 is 2.76 bits per heavy atom. The van der Waals surface area contributed by atoms with Crippen LogP contribution < -0.4 is 10.0 Å². The van der Waals surface area contributed by atoms with Crippen LogP contribution in [0.5, 0.6) is 0 Å². The standard InChI is InChI=1S/C12H15ClN2O5S/c1-12(18,6-16)5-14-21(19,20)10-2-7-3-11(17)15-9(7)4-8(10)13/h2,4,14,16,18H,3,5-6H2,1H3,(H,15,17). The van der Waals surface area contributed by atoms with E-state index in [0.717, 1.165) is 0 Å². The number of hydrogen-bond acceptors (Lipinski definition) is 5. The number of benzene rings is 1. The van der Waals surface area contributed by atoms with E-state index in [1.807, 2.05) is 0 Å². The van der Waals surface area contributed by atoms with Crippen molar-refractivity contribution in [3.05, 3.63) is 22.7 Å². The summed E-state index contributed by atoms with van der Waals surface area (Å²) in [7, 11) is -3.97. The van der Waals surface area contributed by atoms with Crippen LogP contribution in [0.2, 0.25) is 5.02 Å². The number of sulfonamides is 1. The average molecular weight is 335 g/mol. The van der Waals surface area contributed by atoms with Gasteiger partial charge in [0.1, 0.15) is 4.90 Å². The quantitative estimate of drug-likeness (QED) is 0.598. The van der Waals surface area contributed by atoms with E-state index in [0.29, 0.717) is 11.3 Å². The second-order valence-electron chi connectivity index (χ2n) is 5.14. The Bertz CT molecular complexity index is 687. The minimum Gasteiger partial charge on any atom is -0.393 e. The second kappa shape index (κ2) is 5.54. The molecular weight excluding hydrogens is 320 g/mol. The van der Waals surface area contributed by atoms with Gasteiger partial charge in [-0.2, -0.15) is 0 Å². The van der Waals surface area contributed by atoms with Gasteiger partial charge < -0.3 is 15.5 Å². The van der Waals surface area contributed by atoms with E-state index < -0.39 is 22.2 Å². The molecule has 1 amide bonds. The zero-order valence-corrected chi connectivity index (χ0v) is 12.8. The summed E-state index contributed by atoms with van der Waals surface area (Å²) in [5.74, 6) is -0.230. The molecule has 2 rings (SSSR count). The Labute approximate surface area is 127 Å². The van der Waals surface area contributed by atoms with E-state index in [4.69, 9.17) is 16.7 Å². The maximum atomic E-state index is 12.2. The third-order valence-corrected chi connectivity index (χ3v) is 4.92. The lowest BCUT2D eigenvalue weighted by molar-refractivity contribution is -0.115. The number of carbonyl (C=O) groups excluding carboxylic acids is 1. The minimum absolute atomic E-state index is 0.0351. The Morgan fingerprint density at radius 1 is 1.48 bits per heavy atom. The molecule has 0 fully saturated rings. The summed E-state index contributed by atoms with van der Waals surface area (Å²) in [4.78, 5) is 11.1. The molecule has 1 aliphatic rings. The molecule has 21 heavy (non-hydrogen) atoms. The van der Waals surface area contributed by atoms with E-state index in [-0.39, 0.29) is 28.8 Å². The minimum atomic E-state index is -3.97. The lowest BCUT2D eigenvalue weighted by Gasteiger charge is -2.21. The molecule has 0 saturated heterocycles. The topological polar surface area (TPSA) is 116 Å². The first-order valence-corrected chi connectivity index (χ1v) is 7.96. The number of hydrogen-bond donors (Lipinski definition) is 4. The molecule has 1 aromatic carbocycles. The van der Waals surface area contributed by atoms with Crippen LogP contribution >= 0.6 is 11.6 Å². The number of anilines is 1. The van der Waals surface area contributed by atoms with Crippen LogP contribution in [-0.2, 0) is 21.2 Å². The van der Waals surface area contributed by atoms with Gasteiger partial charge in [-0.1, -0.05) is 11.6 Å². The summed E-state index contributed by atoms with van der Waals surface area (Å²) >= 11 is 5.94. The van der Waals surface area contributed by atoms with E-state index in [1.54, 1.807) is 0 Å². The molecule has 0 radical (unpaired) electrons. The second-order valence-corrected chi connectivity index (χ2v) is 7.29. The molecule has 0 bridgehead atoms. The monoisotopic (exact) mass is 334 g/mol. The number of aliphatic hydroxyl groups is 2. The lowest BCUT2D eigenvalue weighted by atomic mass is 10.1. The number of fused-ring (bicyclic) bond motifs is 1. The first-order chi connectivity index (χ1) is 9.64. The highest BCUT2D eigenvalue weighted by Gasteiger charge is 2.27. The summed E-state index contributed by atoms with van der Waals surface area (Å²) < 4.78 is 26.6. The Balaban J connectivity index is 2.29. The van der Waals surface area contributed by atoms with Gasteiger partial charge in [0.25, 0.3) is 0 Å². The van der Waals surface area contributed by atoms with Gasteiger partial charge in [0.15, 0.2) is 0 Å². The smallest absolute Gasteiger partial charge is 0.242 e. The fourth-order valence-electron chi connectivity index (χ4n) is 1.82. The van der Waals surface area contributed by atoms with E-state index in [2.05, 4.69) is 10.0 Å². The SMILES string of the molecule is CC(O)(CO)CNS(=O)(=O)c1cc2c(cc1Cl)NC(=O)C2. The third-order valence-electron chi connectivity index (χ3n) is 3.06. The Morgan fingerprint density at radius 2 is 2.14 bits per heavy atom. The highest BCUT2D eigenvalue weighted by atomic mass is 35.5. The summed E-state index contributed by atoms with van der Waals surface area (Å²) in [6.45, 7) is 0.338. The number of aliphatic hydroxyl groups excluding tert-OH is 1. The highest BCUT2D eigenvalue weighted by Crippen LogP contribution is 2.32. The normalized spacial score (nSPS) is 17.2. The number of nitrogens with one attached hydrogen (secondary N) is 2. The molecule has 1 aliphatic heterocycles. The number of carbonyl (C=O) groups is 1. The Kier molecular flexibility index (Phi) is 4.27. The van der Waals surface area contributed by atoms with Crippen LogP contribution in [0.25, 0.3) is 0 Å². The molecule has 1 aromatic rings. The van der Waals surface area contributed by atoms with Crippen LogP contribution in [0.1, 0.15) is 12.5 Å². The van der Waals surface area contributed by atoms with Crippen molar-refractivity contribution in [3.63, 3.8) is 0 Å². The number of rotatable bonds is 5. The van der Waals surface area contributed by atoms with Gasteiger partial charge in [0.2, 0.25) is 15.9 Å². The molecule has 116 valence electrons. The molecule has 7 nitrogen and oxygen atoms in total. The van der Waals surface area contributed by atoms with Gasteiger partial charge >= 0.3 is 0 Å². The van der Waals surface area contributed by atoms with Crippen molar-refractivity contribution in [1.82, 2.24) is 4.72 Å². The van der Waals surface area contributed by atoms with Crippen molar-refractivity contribution in [2.75, 3.05) is 18.5 Å². The molecule has 9 heteroatoms. The van der Waals surface area contributed by atoms with Crippen molar-refractivity contribution in [3.8, 4) is 0 Å². The van der Waals surface area contributed by atoms with Crippen LogP contribution in [-0.4, -0.2) is 43.3 Å². The van der Waals surface area contributed by atoms with E-state index >= 15 is 0 Å². The fourth-order valence-corrected chi connectivity index (χ4v) is 3.55. The van der Waals surface area contributed by atoms with Gasteiger partial charge in [0.05, 0.1) is 23.7 Å². The van der Waals surface area contributed by atoms with Crippen LogP contribution in [0.15, 0.2) is 17.0 Å². The highest BCUT2D eigenvalue weighted by molar-refractivity contribution is 7.89. The van der Waals surface area contributed by atoms with Crippen molar-refractivity contribution >= 4 is 33.2 Å². The van der Waals surface area contributed by atoms with Gasteiger partial charge in [-0.3, -0.25) is 4.79 Å². The zero-order valence-electron chi connectivity index (χ0n) is 11.2. The molecule has 0 saturated carbocycles. The molecule has 0 aliphatic carbocycles. The molecular formula is C12H15ClN2O5S. The van der Waals surface area contributed by atoms with Crippen molar-refractivity contribution in [2.45, 2.75) is 23.8 Å².